The van der Waals surface area contributed by atoms with Crippen LogP contribution in [0.25, 0.3) is 22.4 Å². The molecule has 0 spiro atoms. The van der Waals surface area contributed by atoms with Gasteiger partial charge in [-0.25, -0.2) is 9.37 Å². The second kappa shape index (κ2) is 8.46. The van der Waals surface area contributed by atoms with E-state index in [1.54, 1.807) is 43.5 Å². The number of aromatic nitrogens is 2. The molecule has 1 aliphatic heterocycles. The minimum absolute atomic E-state index is 0.0240. The molecule has 0 atom stereocenters. The Hall–Kier alpha value is -3.67. The standard InChI is InChI=1S/C26H24FN3O2/c1-32-22-10-7-19(8-11-22)26(31)29-15-13-21(14-16-29)30-24-17-20(27)9-12-23(24)28-25(30)18-5-3-2-4-6-18/h2-12,17,21H,13-16H2,1H3. The van der Waals surface area contributed by atoms with E-state index in [-0.39, 0.29) is 17.8 Å². The number of carbonyl (C=O) groups is 1. The minimum Gasteiger partial charge on any atom is -0.497 e. The van der Waals surface area contributed by atoms with Crippen LogP contribution in [0.4, 0.5) is 4.39 Å². The first-order valence-corrected chi connectivity index (χ1v) is 10.8. The highest BCUT2D eigenvalue weighted by Gasteiger charge is 2.28. The van der Waals surface area contributed by atoms with Crippen LogP contribution in [0.3, 0.4) is 0 Å². The van der Waals surface area contributed by atoms with E-state index in [1.807, 2.05) is 35.2 Å². The summed E-state index contributed by atoms with van der Waals surface area (Å²) >= 11 is 0. The van der Waals surface area contributed by atoms with Crippen molar-refractivity contribution in [2.75, 3.05) is 20.2 Å². The number of hydrogen-bond acceptors (Lipinski definition) is 3. The van der Waals surface area contributed by atoms with Gasteiger partial charge < -0.3 is 14.2 Å². The molecule has 162 valence electrons. The smallest absolute Gasteiger partial charge is 0.253 e. The van der Waals surface area contributed by atoms with Gasteiger partial charge in [0.15, 0.2) is 0 Å². The number of likely N-dealkylation sites (tertiary alicyclic amines) is 1. The average Bonchev–Trinajstić information content (AvgIpc) is 3.23. The molecule has 5 nitrogen and oxygen atoms in total. The summed E-state index contributed by atoms with van der Waals surface area (Å²) in [5.74, 6) is 1.32. The normalized spacial score (nSPS) is 14.6. The Kier molecular flexibility index (Phi) is 5.35. The maximum absolute atomic E-state index is 14.1. The van der Waals surface area contributed by atoms with Gasteiger partial charge in [-0.3, -0.25) is 4.79 Å². The number of ether oxygens (including phenoxy) is 1. The maximum atomic E-state index is 14.1. The van der Waals surface area contributed by atoms with E-state index >= 15 is 0 Å². The Labute approximate surface area is 186 Å². The molecule has 1 aromatic heterocycles. The van der Waals surface area contributed by atoms with Gasteiger partial charge in [0.25, 0.3) is 5.91 Å². The summed E-state index contributed by atoms with van der Waals surface area (Å²) in [4.78, 5) is 19.7. The number of nitrogens with zero attached hydrogens (tertiary/aromatic N) is 3. The molecule has 2 heterocycles. The lowest BCUT2D eigenvalue weighted by atomic mass is 10.0. The number of rotatable bonds is 4. The zero-order chi connectivity index (χ0) is 22.1. The highest BCUT2D eigenvalue weighted by atomic mass is 19.1. The summed E-state index contributed by atoms with van der Waals surface area (Å²) < 4.78 is 21.4. The molecule has 5 rings (SSSR count). The third-order valence-corrected chi connectivity index (χ3v) is 6.14. The van der Waals surface area contributed by atoms with Gasteiger partial charge in [0, 0.05) is 30.3 Å². The van der Waals surface area contributed by atoms with E-state index < -0.39 is 0 Å². The number of methoxy groups -OCH3 is 1. The van der Waals surface area contributed by atoms with Crippen molar-refractivity contribution in [2.24, 2.45) is 0 Å². The van der Waals surface area contributed by atoms with Crippen molar-refractivity contribution in [1.82, 2.24) is 14.5 Å². The number of carbonyl (C=O) groups excluding carboxylic acids is 1. The fraction of sp³-hybridized carbons (Fsp3) is 0.231. The number of piperidine rings is 1. The zero-order valence-electron chi connectivity index (χ0n) is 17.9. The molecule has 1 saturated heterocycles. The van der Waals surface area contributed by atoms with Gasteiger partial charge in [-0.1, -0.05) is 30.3 Å². The third kappa shape index (κ3) is 3.73. The van der Waals surface area contributed by atoms with Crippen molar-refractivity contribution in [2.45, 2.75) is 18.9 Å². The number of fused-ring (bicyclic) bond motifs is 1. The summed E-state index contributed by atoms with van der Waals surface area (Å²) in [6.07, 6.45) is 1.56. The quantitative estimate of drug-likeness (QED) is 0.441. The molecule has 4 aromatic rings. The number of imidazole rings is 1. The highest BCUT2D eigenvalue weighted by Crippen LogP contribution is 2.34. The fourth-order valence-electron chi connectivity index (χ4n) is 4.47. The topological polar surface area (TPSA) is 47.4 Å². The van der Waals surface area contributed by atoms with E-state index in [9.17, 15) is 9.18 Å². The Balaban J connectivity index is 1.42. The molecule has 0 unspecified atom stereocenters. The van der Waals surface area contributed by atoms with Crippen molar-refractivity contribution >= 4 is 16.9 Å². The molecule has 32 heavy (non-hydrogen) atoms. The van der Waals surface area contributed by atoms with E-state index in [2.05, 4.69) is 4.57 Å². The fourth-order valence-corrected chi connectivity index (χ4v) is 4.47. The third-order valence-electron chi connectivity index (χ3n) is 6.14. The summed E-state index contributed by atoms with van der Waals surface area (Å²) in [6.45, 7) is 1.28. The van der Waals surface area contributed by atoms with Crippen LogP contribution < -0.4 is 4.74 Å². The lowest BCUT2D eigenvalue weighted by Gasteiger charge is -2.33. The van der Waals surface area contributed by atoms with Crippen molar-refractivity contribution in [1.29, 1.82) is 0 Å². The molecular formula is C26H24FN3O2. The molecule has 0 aliphatic carbocycles. The highest BCUT2D eigenvalue weighted by molar-refractivity contribution is 5.94. The lowest BCUT2D eigenvalue weighted by Crippen LogP contribution is -2.39. The van der Waals surface area contributed by atoms with E-state index in [0.717, 1.165) is 41.0 Å². The molecule has 6 heteroatoms. The second-order valence-electron chi connectivity index (χ2n) is 8.06. The molecule has 3 aromatic carbocycles. The second-order valence-corrected chi connectivity index (χ2v) is 8.06. The lowest BCUT2D eigenvalue weighted by molar-refractivity contribution is 0.0696. The Morgan fingerprint density at radius 1 is 1.00 bits per heavy atom. The molecule has 1 aliphatic rings. The van der Waals surface area contributed by atoms with Crippen LogP contribution in [0.15, 0.2) is 72.8 Å². The summed E-state index contributed by atoms with van der Waals surface area (Å²) in [5, 5.41) is 0. The Bertz CT molecular complexity index is 1240. The van der Waals surface area contributed by atoms with E-state index in [4.69, 9.17) is 9.72 Å². The summed E-state index contributed by atoms with van der Waals surface area (Å²) in [5.41, 5.74) is 3.23. The first kappa shape index (κ1) is 20.2. The largest absolute Gasteiger partial charge is 0.497 e. The summed E-state index contributed by atoms with van der Waals surface area (Å²) in [7, 11) is 1.61. The van der Waals surface area contributed by atoms with Crippen LogP contribution in [0.5, 0.6) is 5.75 Å². The van der Waals surface area contributed by atoms with Crippen LogP contribution in [0.2, 0.25) is 0 Å². The number of hydrogen-bond donors (Lipinski definition) is 0. The molecule has 0 N–H and O–H groups in total. The van der Waals surface area contributed by atoms with Crippen molar-refractivity contribution in [3.63, 3.8) is 0 Å². The molecule has 0 bridgehead atoms. The Morgan fingerprint density at radius 3 is 2.41 bits per heavy atom. The number of benzene rings is 3. The van der Waals surface area contributed by atoms with Gasteiger partial charge >= 0.3 is 0 Å². The number of amides is 1. The SMILES string of the molecule is COc1ccc(C(=O)N2CCC(n3c(-c4ccccc4)nc4ccc(F)cc43)CC2)cc1. The molecule has 1 amide bonds. The molecular weight excluding hydrogens is 405 g/mol. The number of halogens is 1. The molecule has 0 radical (unpaired) electrons. The van der Waals surface area contributed by atoms with Crippen molar-refractivity contribution in [3.8, 4) is 17.1 Å². The maximum Gasteiger partial charge on any atom is 0.253 e. The van der Waals surface area contributed by atoms with Crippen LogP contribution in [-0.4, -0.2) is 40.6 Å². The van der Waals surface area contributed by atoms with Gasteiger partial charge in [0.1, 0.15) is 17.4 Å². The van der Waals surface area contributed by atoms with Gasteiger partial charge in [0.05, 0.1) is 18.1 Å². The van der Waals surface area contributed by atoms with Gasteiger partial charge in [-0.2, -0.15) is 0 Å². The molecule has 1 fully saturated rings. The van der Waals surface area contributed by atoms with Gasteiger partial charge in [-0.15, -0.1) is 0 Å². The van der Waals surface area contributed by atoms with Crippen LogP contribution >= 0.6 is 0 Å². The van der Waals surface area contributed by atoms with Crippen molar-refractivity contribution in [3.05, 3.63) is 84.2 Å². The first-order valence-electron chi connectivity index (χ1n) is 10.8. The first-order chi connectivity index (χ1) is 15.6. The van der Waals surface area contributed by atoms with E-state index in [1.165, 1.54) is 6.07 Å². The predicted molar refractivity (Wildman–Crippen MR) is 122 cm³/mol. The Morgan fingerprint density at radius 2 is 1.72 bits per heavy atom. The zero-order valence-corrected chi connectivity index (χ0v) is 17.9. The minimum atomic E-state index is -0.273. The van der Waals surface area contributed by atoms with Crippen LogP contribution in [-0.2, 0) is 0 Å². The summed E-state index contributed by atoms with van der Waals surface area (Å²) in [6, 6.07) is 22.1. The van der Waals surface area contributed by atoms with Gasteiger partial charge in [0.2, 0.25) is 0 Å². The molecule has 0 saturated carbocycles. The van der Waals surface area contributed by atoms with Crippen LogP contribution in [0.1, 0.15) is 29.2 Å². The van der Waals surface area contributed by atoms with Crippen LogP contribution in [0, 0.1) is 5.82 Å². The van der Waals surface area contributed by atoms with Crippen molar-refractivity contribution < 1.29 is 13.9 Å². The average molecular weight is 429 g/mol. The monoisotopic (exact) mass is 429 g/mol. The van der Waals surface area contributed by atoms with E-state index in [0.29, 0.717) is 18.7 Å². The predicted octanol–water partition coefficient (Wildman–Crippen LogP) is 5.33. The van der Waals surface area contributed by atoms with Gasteiger partial charge in [-0.05, 0) is 55.3 Å².